The van der Waals surface area contributed by atoms with Crippen molar-refractivity contribution in [2.45, 2.75) is 57.4 Å². The van der Waals surface area contributed by atoms with Gasteiger partial charge in [0.25, 0.3) is 6.43 Å². The summed E-state index contributed by atoms with van der Waals surface area (Å²) in [4.78, 5) is 15.8. The topological polar surface area (TPSA) is 82.1 Å². The number of anilines is 1. The van der Waals surface area contributed by atoms with Crippen LogP contribution >= 0.6 is 0 Å². The second-order valence-corrected chi connectivity index (χ2v) is 9.40. The number of rotatable bonds is 7. The number of alkyl halides is 2. The number of hydrogen-bond acceptors (Lipinski definition) is 6. The highest BCUT2D eigenvalue weighted by Gasteiger charge is 2.24. The predicted molar refractivity (Wildman–Crippen MR) is 128 cm³/mol. The summed E-state index contributed by atoms with van der Waals surface area (Å²) in [6, 6.07) is 9.34. The van der Waals surface area contributed by atoms with Crippen molar-refractivity contribution in [3.05, 3.63) is 41.9 Å². The number of ether oxygens (including phenoxy) is 1. The van der Waals surface area contributed by atoms with Gasteiger partial charge in [0.2, 0.25) is 5.95 Å². The lowest BCUT2D eigenvalue weighted by molar-refractivity contribution is 0.122. The Labute approximate surface area is 198 Å². The van der Waals surface area contributed by atoms with E-state index in [4.69, 9.17) is 20.4 Å². The summed E-state index contributed by atoms with van der Waals surface area (Å²) < 4.78 is 34.9. The van der Waals surface area contributed by atoms with Gasteiger partial charge < -0.3 is 15.4 Å². The van der Waals surface area contributed by atoms with Gasteiger partial charge in [-0.3, -0.25) is 4.57 Å². The molecule has 2 aromatic heterocycles. The number of benzene rings is 1. The highest BCUT2D eigenvalue weighted by atomic mass is 19.3. The van der Waals surface area contributed by atoms with Crippen molar-refractivity contribution in [2.75, 3.05) is 31.2 Å². The second kappa shape index (κ2) is 10.3. The summed E-state index contributed by atoms with van der Waals surface area (Å²) in [6.07, 6.45) is 4.81. The average Bonchev–Trinajstić information content (AvgIpc) is 3.25. The fourth-order valence-electron chi connectivity index (χ4n) is 5.22. The molecular formula is C25H32F2N6O. The number of morpholine rings is 1. The Bertz CT molecular complexity index is 1110. The molecule has 1 saturated carbocycles. The maximum atomic E-state index is 14.0. The van der Waals surface area contributed by atoms with Crippen LogP contribution in [0.5, 0.6) is 0 Å². The fourth-order valence-corrected chi connectivity index (χ4v) is 5.22. The average molecular weight is 471 g/mol. The van der Waals surface area contributed by atoms with Crippen molar-refractivity contribution in [3.63, 3.8) is 0 Å². The Morgan fingerprint density at radius 3 is 2.71 bits per heavy atom. The molecule has 1 saturated heterocycles. The van der Waals surface area contributed by atoms with Gasteiger partial charge in [-0.25, -0.2) is 18.7 Å². The van der Waals surface area contributed by atoms with Gasteiger partial charge in [-0.15, -0.1) is 0 Å². The molecule has 182 valence electrons. The van der Waals surface area contributed by atoms with Crippen LogP contribution in [-0.4, -0.2) is 51.9 Å². The van der Waals surface area contributed by atoms with E-state index in [1.54, 1.807) is 18.2 Å². The largest absolute Gasteiger partial charge is 0.378 e. The minimum Gasteiger partial charge on any atom is -0.378 e. The van der Waals surface area contributed by atoms with Gasteiger partial charge in [0, 0.05) is 30.9 Å². The number of nitrogens with zero attached hydrogens (tertiary/aromatic N) is 5. The standard InChI is InChI=1S/C25H32F2N6O/c26-23(27)24-30-20-9-1-2-10-21(20)33(24)22-16-19(8-4-6-17-5-3-7-18(28)15-17)29-25(31-22)32-11-13-34-14-12-32/h1-2,9-10,16-18,23H,3-8,11-15,28H2/t17-,18-/m1/s1. The third-order valence-corrected chi connectivity index (χ3v) is 6.93. The van der Waals surface area contributed by atoms with E-state index in [1.165, 1.54) is 17.4 Å². The summed E-state index contributed by atoms with van der Waals surface area (Å²) in [7, 11) is 0. The molecule has 3 heterocycles. The molecule has 0 amide bonds. The molecule has 2 aliphatic rings. The van der Waals surface area contributed by atoms with Gasteiger partial charge in [0.15, 0.2) is 5.82 Å². The molecule has 0 spiro atoms. The lowest BCUT2D eigenvalue weighted by Gasteiger charge is -2.28. The van der Waals surface area contributed by atoms with Crippen molar-refractivity contribution < 1.29 is 13.5 Å². The molecule has 2 N–H and O–H groups in total. The third kappa shape index (κ3) is 5.05. The van der Waals surface area contributed by atoms with Crippen molar-refractivity contribution in [2.24, 2.45) is 11.7 Å². The second-order valence-electron chi connectivity index (χ2n) is 9.40. The molecule has 34 heavy (non-hydrogen) atoms. The quantitative estimate of drug-likeness (QED) is 0.550. The molecule has 0 radical (unpaired) electrons. The van der Waals surface area contributed by atoms with Crippen LogP contribution in [0.1, 0.15) is 56.5 Å². The Morgan fingerprint density at radius 1 is 1.09 bits per heavy atom. The van der Waals surface area contributed by atoms with Gasteiger partial charge in [0.05, 0.1) is 24.2 Å². The molecule has 0 bridgehead atoms. The number of nitrogens with two attached hydrogens (primary N) is 1. The minimum atomic E-state index is -2.71. The number of fused-ring (bicyclic) bond motifs is 1. The Morgan fingerprint density at radius 2 is 1.91 bits per heavy atom. The predicted octanol–water partition coefficient (Wildman–Crippen LogP) is 4.43. The SMILES string of the molecule is N[C@@H]1CCC[C@H](CCCc2cc(-n3c(C(F)F)nc4ccccc43)nc(N3CCOCC3)n2)C1. The Balaban J connectivity index is 1.47. The van der Waals surface area contributed by atoms with Gasteiger partial charge in [-0.2, -0.15) is 4.98 Å². The van der Waals surface area contributed by atoms with Crippen molar-refractivity contribution in [3.8, 4) is 5.82 Å². The lowest BCUT2D eigenvalue weighted by Crippen LogP contribution is -2.37. The van der Waals surface area contributed by atoms with Crippen LogP contribution in [0, 0.1) is 5.92 Å². The van der Waals surface area contributed by atoms with E-state index in [2.05, 4.69) is 9.88 Å². The monoisotopic (exact) mass is 470 g/mol. The lowest BCUT2D eigenvalue weighted by atomic mass is 9.83. The van der Waals surface area contributed by atoms with Crippen LogP contribution < -0.4 is 10.6 Å². The Kier molecular flexibility index (Phi) is 7.01. The van der Waals surface area contributed by atoms with E-state index in [-0.39, 0.29) is 5.82 Å². The van der Waals surface area contributed by atoms with E-state index in [0.29, 0.717) is 61.1 Å². The van der Waals surface area contributed by atoms with Crippen LogP contribution in [0.15, 0.2) is 30.3 Å². The summed E-state index contributed by atoms with van der Waals surface area (Å²) in [5.74, 6) is 1.37. The van der Waals surface area contributed by atoms with E-state index >= 15 is 0 Å². The van der Waals surface area contributed by atoms with Crippen molar-refractivity contribution in [1.29, 1.82) is 0 Å². The van der Waals surface area contributed by atoms with Gasteiger partial charge >= 0.3 is 0 Å². The summed E-state index contributed by atoms with van der Waals surface area (Å²) >= 11 is 0. The normalized spacial score (nSPS) is 21.5. The molecule has 7 nitrogen and oxygen atoms in total. The van der Waals surface area contributed by atoms with Gasteiger partial charge in [0.1, 0.15) is 5.82 Å². The number of halogens is 2. The van der Waals surface area contributed by atoms with Crippen LogP contribution in [0.25, 0.3) is 16.9 Å². The molecule has 1 aliphatic carbocycles. The number of aryl methyl sites for hydroxylation is 1. The zero-order chi connectivity index (χ0) is 23.5. The number of para-hydroxylation sites is 2. The molecule has 1 aliphatic heterocycles. The van der Waals surface area contributed by atoms with Gasteiger partial charge in [-0.05, 0) is 43.7 Å². The summed E-state index contributed by atoms with van der Waals surface area (Å²) in [5.41, 5.74) is 8.17. The zero-order valence-electron chi connectivity index (χ0n) is 19.4. The van der Waals surface area contributed by atoms with Crippen LogP contribution in [0.4, 0.5) is 14.7 Å². The molecule has 2 fully saturated rings. The van der Waals surface area contributed by atoms with Crippen LogP contribution in [0.3, 0.4) is 0 Å². The first-order chi connectivity index (χ1) is 16.6. The number of hydrogen-bond donors (Lipinski definition) is 1. The Hall–Kier alpha value is -2.65. The fraction of sp³-hybridized carbons (Fsp3) is 0.560. The first-order valence-corrected chi connectivity index (χ1v) is 12.3. The summed E-state index contributed by atoms with van der Waals surface area (Å²) in [5, 5.41) is 0. The van der Waals surface area contributed by atoms with Gasteiger partial charge in [-0.1, -0.05) is 31.4 Å². The van der Waals surface area contributed by atoms with E-state index in [9.17, 15) is 8.78 Å². The molecule has 1 aromatic carbocycles. The molecule has 5 rings (SSSR count). The molecular weight excluding hydrogens is 438 g/mol. The molecule has 0 unspecified atom stereocenters. The van der Waals surface area contributed by atoms with Crippen LogP contribution in [0.2, 0.25) is 0 Å². The van der Waals surface area contributed by atoms with E-state index in [1.807, 2.05) is 12.1 Å². The van der Waals surface area contributed by atoms with Crippen molar-refractivity contribution in [1.82, 2.24) is 19.5 Å². The maximum Gasteiger partial charge on any atom is 0.296 e. The third-order valence-electron chi connectivity index (χ3n) is 6.93. The first kappa shape index (κ1) is 23.1. The highest BCUT2D eigenvalue weighted by Crippen LogP contribution is 2.30. The van der Waals surface area contributed by atoms with Crippen molar-refractivity contribution >= 4 is 17.0 Å². The highest BCUT2D eigenvalue weighted by molar-refractivity contribution is 5.78. The number of aromatic nitrogens is 4. The first-order valence-electron chi connectivity index (χ1n) is 12.3. The zero-order valence-corrected chi connectivity index (χ0v) is 19.4. The van der Waals surface area contributed by atoms with E-state index < -0.39 is 6.43 Å². The van der Waals surface area contributed by atoms with E-state index in [0.717, 1.165) is 37.8 Å². The minimum absolute atomic E-state index is 0.296. The van der Waals surface area contributed by atoms with Crippen LogP contribution in [-0.2, 0) is 11.2 Å². The summed E-state index contributed by atoms with van der Waals surface area (Å²) in [6.45, 7) is 2.55. The number of imidazole rings is 1. The molecule has 3 aromatic rings. The smallest absolute Gasteiger partial charge is 0.296 e. The maximum absolute atomic E-state index is 14.0. The molecule has 9 heteroatoms. The molecule has 2 atom stereocenters.